The zero-order valence-electron chi connectivity index (χ0n) is 18.6. The van der Waals surface area contributed by atoms with E-state index in [0.29, 0.717) is 11.7 Å². The smallest absolute Gasteiger partial charge is 0.276 e. The first-order chi connectivity index (χ1) is 14.8. The van der Waals surface area contributed by atoms with E-state index in [1.165, 1.54) is 0 Å². The molecule has 0 radical (unpaired) electrons. The van der Waals surface area contributed by atoms with E-state index in [1.54, 1.807) is 0 Å². The quantitative estimate of drug-likeness (QED) is 0.533. The predicted molar refractivity (Wildman–Crippen MR) is 121 cm³/mol. The van der Waals surface area contributed by atoms with Gasteiger partial charge < -0.3 is 10.1 Å². The number of carbonyl (C=O) groups excluding carboxylic acids is 3. The summed E-state index contributed by atoms with van der Waals surface area (Å²) in [5, 5.41) is 2.80. The van der Waals surface area contributed by atoms with Gasteiger partial charge in [-0.3, -0.25) is 25.2 Å². The minimum absolute atomic E-state index is 0.00780. The molecule has 2 aromatic rings. The largest absolute Gasteiger partial charge is 0.483 e. The summed E-state index contributed by atoms with van der Waals surface area (Å²) in [7, 11) is 0. The molecule has 0 saturated carbocycles. The van der Waals surface area contributed by atoms with Crippen LogP contribution in [0.2, 0.25) is 0 Å². The summed E-state index contributed by atoms with van der Waals surface area (Å²) in [6.45, 7) is 7.81. The number of aryl methyl sites for hydroxylation is 2. The van der Waals surface area contributed by atoms with E-state index >= 15 is 0 Å². The average Bonchev–Trinajstić information content (AvgIpc) is 2.77. The lowest BCUT2D eigenvalue weighted by molar-refractivity contribution is -0.130. The van der Waals surface area contributed by atoms with Crippen LogP contribution in [0.3, 0.4) is 0 Å². The highest BCUT2D eigenvalue weighted by atomic mass is 16.5. The van der Waals surface area contributed by atoms with Gasteiger partial charge in [-0.25, -0.2) is 0 Å². The number of amides is 3. The molecule has 0 aliphatic rings. The van der Waals surface area contributed by atoms with E-state index in [-0.39, 0.29) is 25.4 Å². The Morgan fingerprint density at radius 2 is 1.61 bits per heavy atom. The second-order valence-electron chi connectivity index (χ2n) is 7.60. The number of hydrogen-bond acceptors (Lipinski definition) is 4. The SMILES string of the molecule is CCC(C)c1ccccc1OCC(=O)NNC(=O)CCC(=O)Nc1cc(C)ccc1C. The van der Waals surface area contributed by atoms with E-state index in [4.69, 9.17) is 4.74 Å². The first-order valence-electron chi connectivity index (χ1n) is 10.5. The minimum Gasteiger partial charge on any atom is -0.483 e. The van der Waals surface area contributed by atoms with Crippen LogP contribution in [0.5, 0.6) is 5.75 Å². The van der Waals surface area contributed by atoms with Gasteiger partial charge in [0.2, 0.25) is 11.8 Å². The van der Waals surface area contributed by atoms with Gasteiger partial charge in [-0.05, 0) is 55.0 Å². The molecule has 3 N–H and O–H groups in total. The van der Waals surface area contributed by atoms with Gasteiger partial charge in [0.15, 0.2) is 6.61 Å². The Kier molecular flexibility index (Phi) is 9.06. The fraction of sp³-hybridized carbons (Fsp3) is 0.375. The molecule has 0 heterocycles. The fourth-order valence-corrected chi connectivity index (χ4v) is 2.93. The van der Waals surface area contributed by atoms with Crippen LogP contribution in [0, 0.1) is 13.8 Å². The van der Waals surface area contributed by atoms with Crippen molar-refractivity contribution < 1.29 is 19.1 Å². The van der Waals surface area contributed by atoms with Gasteiger partial charge in [-0.1, -0.05) is 44.2 Å². The van der Waals surface area contributed by atoms with E-state index in [9.17, 15) is 14.4 Å². The monoisotopic (exact) mass is 425 g/mol. The Morgan fingerprint density at radius 3 is 2.35 bits per heavy atom. The lowest BCUT2D eigenvalue weighted by Crippen LogP contribution is -2.44. The molecular weight excluding hydrogens is 394 g/mol. The molecule has 7 nitrogen and oxygen atoms in total. The van der Waals surface area contributed by atoms with Crippen molar-refractivity contribution in [2.45, 2.75) is 52.9 Å². The Balaban J connectivity index is 1.72. The molecule has 31 heavy (non-hydrogen) atoms. The van der Waals surface area contributed by atoms with Crippen molar-refractivity contribution in [3.05, 3.63) is 59.2 Å². The highest BCUT2D eigenvalue weighted by Gasteiger charge is 2.12. The molecule has 3 amide bonds. The standard InChI is InChI=1S/C24H31N3O4/c1-5-17(3)19-8-6-7-9-21(19)31-15-24(30)27-26-23(29)13-12-22(28)25-20-14-16(2)10-11-18(20)4/h6-11,14,17H,5,12-13,15H2,1-4H3,(H,25,28)(H,26,29)(H,27,30). The Labute approximate surface area is 183 Å². The molecular formula is C24H31N3O4. The van der Waals surface area contributed by atoms with Gasteiger partial charge in [0.1, 0.15) is 5.75 Å². The van der Waals surface area contributed by atoms with Crippen molar-refractivity contribution in [2.75, 3.05) is 11.9 Å². The number of para-hydroxylation sites is 1. The van der Waals surface area contributed by atoms with E-state index in [1.807, 2.05) is 56.3 Å². The third kappa shape index (κ3) is 7.77. The molecule has 2 aromatic carbocycles. The molecule has 7 heteroatoms. The summed E-state index contributed by atoms with van der Waals surface area (Å²) in [5.74, 6) is -0.230. The summed E-state index contributed by atoms with van der Waals surface area (Å²) in [4.78, 5) is 36.0. The minimum atomic E-state index is -0.479. The van der Waals surface area contributed by atoms with Crippen molar-refractivity contribution in [2.24, 2.45) is 0 Å². The van der Waals surface area contributed by atoms with Crippen molar-refractivity contribution in [3.63, 3.8) is 0 Å². The van der Waals surface area contributed by atoms with Crippen LogP contribution in [0.25, 0.3) is 0 Å². The number of hydrogen-bond donors (Lipinski definition) is 3. The van der Waals surface area contributed by atoms with Crippen LogP contribution >= 0.6 is 0 Å². The number of hydrazine groups is 1. The molecule has 0 aliphatic carbocycles. The maximum atomic E-state index is 12.1. The van der Waals surface area contributed by atoms with Crippen LogP contribution in [-0.4, -0.2) is 24.3 Å². The number of benzene rings is 2. The van der Waals surface area contributed by atoms with Gasteiger partial charge in [-0.15, -0.1) is 0 Å². The second-order valence-corrected chi connectivity index (χ2v) is 7.60. The molecule has 0 saturated heterocycles. The molecule has 0 aliphatic heterocycles. The summed E-state index contributed by atoms with van der Waals surface area (Å²) in [5.41, 5.74) is 8.37. The third-order valence-electron chi connectivity index (χ3n) is 5.01. The highest BCUT2D eigenvalue weighted by Crippen LogP contribution is 2.28. The molecule has 2 rings (SSSR count). The van der Waals surface area contributed by atoms with Crippen LogP contribution in [0.15, 0.2) is 42.5 Å². The highest BCUT2D eigenvalue weighted by molar-refractivity contribution is 5.94. The van der Waals surface area contributed by atoms with E-state index in [0.717, 1.165) is 28.8 Å². The summed E-state index contributed by atoms with van der Waals surface area (Å²) in [6, 6.07) is 13.4. The topological polar surface area (TPSA) is 96.5 Å². The van der Waals surface area contributed by atoms with Gasteiger partial charge in [0, 0.05) is 18.5 Å². The Bertz CT molecular complexity index is 927. The third-order valence-corrected chi connectivity index (χ3v) is 5.01. The summed E-state index contributed by atoms with van der Waals surface area (Å²) < 4.78 is 5.61. The van der Waals surface area contributed by atoms with Crippen molar-refractivity contribution in [1.29, 1.82) is 0 Å². The predicted octanol–water partition coefficient (Wildman–Crippen LogP) is 3.76. The molecule has 166 valence electrons. The van der Waals surface area contributed by atoms with Gasteiger partial charge in [-0.2, -0.15) is 0 Å². The first kappa shape index (κ1) is 23.9. The second kappa shape index (κ2) is 11.7. The maximum absolute atomic E-state index is 12.1. The van der Waals surface area contributed by atoms with E-state index in [2.05, 4.69) is 30.0 Å². The number of anilines is 1. The number of ether oxygens (including phenoxy) is 1. The molecule has 0 aromatic heterocycles. The molecule has 0 fully saturated rings. The van der Waals surface area contributed by atoms with Crippen molar-refractivity contribution in [1.82, 2.24) is 10.9 Å². The Hall–Kier alpha value is -3.35. The molecule has 1 unspecified atom stereocenters. The normalized spacial score (nSPS) is 11.4. The lowest BCUT2D eigenvalue weighted by Gasteiger charge is -2.15. The number of rotatable bonds is 9. The average molecular weight is 426 g/mol. The van der Waals surface area contributed by atoms with Crippen molar-refractivity contribution in [3.8, 4) is 5.75 Å². The Morgan fingerprint density at radius 1 is 0.935 bits per heavy atom. The zero-order chi connectivity index (χ0) is 22.8. The van der Waals surface area contributed by atoms with Gasteiger partial charge in [0.25, 0.3) is 5.91 Å². The molecule has 0 spiro atoms. The van der Waals surface area contributed by atoms with Crippen LogP contribution in [0.4, 0.5) is 5.69 Å². The molecule has 0 bridgehead atoms. The number of carbonyl (C=O) groups is 3. The van der Waals surface area contributed by atoms with Gasteiger partial charge in [0.05, 0.1) is 0 Å². The van der Waals surface area contributed by atoms with Crippen LogP contribution in [0.1, 0.15) is 55.7 Å². The lowest BCUT2D eigenvalue weighted by atomic mass is 9.98. The van der Waals surface area contributed by atoms with Crippen LogP contribution in [-0.2, 0) is 14.4 Å². The summed E-state index contributed by atoms with van der Waals surface area (Å²) in [6.07, 6.45) is 0.919. The summed E-state index contributed by atoms with van der Waals surface area (Å²) >= 11 is 0. The first-order valence-corrected chi connectivity index (χ1v) is 10.5. The number of nitrogens with one attached hydrogen (secondary N) is 3. The molecule has 1 atom stereocenters. The van der Waals surface area contributed by atoms with Crippen LogP contribution < -0.4 is 20.9 Å². The maximum Gasteiger partial charge on any atom is 0.276 e. The van der Waals surface area contributed by atoms with E-state index < -0.39 is 11.8 Å². The fourth-order valence-electron chi connectivity index (χ4n) is 2.93. The zero-order valence-corrected chi connectivity index (χ0v) is 18.6. The van der Waals surface area contributed by atoms with Gasteiger partial charge >= 0.3 is 0 Å². The van der Waals surface area contributed by atoms with Crippen molar-refractivity contribution >= 4 is 23.4 Å².